The van der Waals surface area contributed by atoms with Gasteiger partial charge in [0.15, 0.2) is 5.82 Å². The van der Waals surface area contributed by atoms with Gasteiger partial charge in [0.2, 0.25) is 0 Å². The average molecular weight is 389 g/mol. The SMILES string of the molecule is COc1cccc(C(=O)Nc2ccc(Nc3cc(N4CCCC4)cnn3)cc2)c1. The summed E-state index contributed by atoms with van der Waals surface area (Å²) >= 11 is 0. The van der Waals surface area contributed by atoms with Crippen molar-refractivity contribution in [1.82, 2.24) is 10.2 Å². The Labute approximate surface area is 169 Å². The molecule has 1 aliphatic rings. The number of nitrogens with one attached hydrogen (secondary N) is 2. The zero-order chi connectivity index (χ0) is 20.1. The lowest BCUT2D eigenvalue weighted by atomic mass is 10.2. The molecule has 0 aliphatic carbocycles. The molecular weight excluding hydrogens is 366 g/mol. The van der Waals surface area contributed by atoms with Crippen LogP contribution < -0.4 is 20.3 Å². The topological polar surface area (TPSA) is 79.4 Å². The highest BCUT2D eigenvalue weighted by Crippen LogP contribution is 2.23. The zero-order valence-electron chi connectivity index (χ0n) is 16.3. The molecule has 1 saturated heterocycles. The van der Waals surface area contributed by atoms with E-state index in [0.717, 1.165) is 24.5 Å². The van der Waals surface area contributed by atoms with Crippen molar-refractivity contribution in [2.45, 2.75) is 12.8 Å². The summed E-state index contributed by atoms with van der Waals surface area (Å²) < 4.78 is 5.17. The molecule has 3 aromatic rings. The molecule has 0 atom stereocenters. The number of carbonyl (C=O) groups is 1. The second kappa shape index (κ2) is 8.60. The number of hydrogen-bond acceptors (Lipinski definition) is 6. The smallest absolute Gasteiger partial charge is 0.255 e. The van der Waals surface area contributed by atoms with Crippen LogP contribution in [0, 0.1) is 0 Å². The highest BCUT2D eigenvalue weighted by Gasteiger charge is 2.13. The van der Waals surface area contributed by atoms with Crippen molar-refractivity contribution in [3.05, 3.63) is 66.4 Å². The first-order valence-corrected chi connectivity index (χ1v) is 9.61. The number of benzene rings is 2. The minimum Gasteiger partial charge on any atom is -0.497 e. The van der Waals surface area contributed by atoms with E-state index in [2.05, 4.69) is 25.7 Å². The minimum atomic E-state index is -0.186. The molecule has 1 amide bonds. The molecule has 0 bridgehead atoms. The maximum Gasteiger partial charge on any atom is 0.255 e. The first-order valence-electron chi connectivity index (χ1n) is 9.61. The van der Waals surface area contributed by atoms with Crippen LogP contribution in [0.4, 0.5) is 22.9 Å². The number of rotatable bonds is 6. The Balaban J connectivity index is 1.40. The molecule has 0 spiro atoms. The molecule has 2 aromatic carbocycles. The van der Waals surface area contributed by atoms with Gasteiger partial charge in [-0.2, -0.15) is 5.10 Å². The zero-order valence-corrected chi connectivity index (χ0v) is 16.3. The Morgan fingerprint density at radius 2 is 1.79 bits per heavy atom. The number of amides is 1. The highest BCUT2D eigenvalue weighted by atomic mass is 16.5. The molecule has 29 heavy (non-hydrogen) atoms. The van der Waals surface area contributed by atoms with Gasteiger partial charge in [-0.15, -0.1) is 5.10 Å². The molecule has 1 fully saturated rings. The van der Waals surface area contributed by atoms with Crippen molar-refractivity contribution in [3.63, 3.8) is 0 Å². The second-order valence-electron chi connectivity index (χ2n) is 6.88. The molecule has 4 rings (SSSR count). The van der Waals surface area contributed by atoms with Crippen LogP contribution in [0.5, 0.6) is 5.75 Å². The summed E-state index contributed by atoms with van der Waals surface area (Å²) in [6.07, 6.45) is 4.23. The van der Waals surface area contributed by atoms with E-state index in [9.17, 15) is 4.79 Å². The average Bonchev–Trinajstić information content (AvgIpc) is 3.30. The largest absolute Gasteiger partial charge is 0.497 e. The summed E-state index contributed by atoms with van der Waals surface area (Å²) in [5, 5.41) is 14.4. The van der Waals surface area contributed by atoms with Crippen molar-refractivity contribution < 1.29 is 9.53 Å². The van der Waals surface area contributed by atoms with Crippen LogP contribution in [0.1, 0.15) is 23.2 Å². The van der Waals surface area contributed by atoms with Gasteiger partial charge in [0.05, 0.1) is 19.0 Å². The molecule has 0 unspecified atom stereocenters. The lowest BCUT2D eigenvalue weighted by molar-refractivity contribution is 0.102. The number of ether oxygens (including phenoxy) is 1. The molecule has 1 aromatic heterocycles. The van der Waals surface area contributed by atoms with Crippen LogP contribution in [0.25, 0.3) is 0 Å². The first-order chi connectivity index (χ1) is 14.2. The monoisotopic (exact) mass is 389 g/mol. The summed E-state index contributed by atoms with van der Waals surface area (Å²) in [5.74, 6) is 1.16. The number of hydrogen-bond donors (Lipinski definition) is 2. The Hall–Kier alpha value is -3.61. The lowest BCUT2D eigenvalue weighted by Gasteiger charge is -2.17. The molecule has 2 N–H and O–H groups in total. The van der Waals surface area contributed by atoms with Crippen molar-refractivity contribution in [1.29, 1.82) is 0 Å². The van der Waals surface area contributed by atoms with Crippen LogP contribution in [-0.2, 0) is 0 Å². The minimum absolute atomic E-state index is 0.186. The number of aromatic nitrogens is 2. The fourth-order valence-electron chi connectivity index (χ4n) is 3.32. The number of methoxy groups -OCH3 is 1. The molecule has 148 valence electrons. The third kappa shape index (κ3) is 4.63. The number of nitrogens with zero attached hydrogens (tertiary/aromatic N) is 3. The normalized spacial score (nSPS) is 13.2. The third-order valence-corrected chi connectivity index (χ3v) is 4.86. The Kier molecular flexibility index (Phi) is 5.56. The van der Waals surface area contributed by atoms with Crippen molar-refractivity contribution >= 4 is 28.8 Å². The predicted molar refractivity (Wildman–Crippen MR) is 114 cm³/mol. The highest BCUT2D eigenvalue weighted by molar-refractivity contribution is 6.04. The maximum atomic E-state index is 12.4. The van der Waals surface area contributed by atoms with Crippen LogP contribution in [0.2, 0.25) is 0 Å². The van der Waals surface area contributed by atoms with Gasteiger partial charge in [-0.1, -0.05) is 6.07 Å². The van der Waals surface area contributed by atoms with Crippen LogP contribution >= 0.6 is 0 Å². The van der Waals surface area contributed by atoms with E-state index in [1.807, 2.05) is 30.3 Å². The maximum absolute atomic E-state index is 12.4. The molecule has 1 aliphatic heterocycles. The van der Waals surface area contributed by atoms with Gasteiger partial charge in [-0.05, 0) is 55.3 Å². The van der Waals surface area contributed by atoms with Gasteiger partial charge < -0.3 is 20.3 Å². The van der Waals surface area contributed by atoms with Crippen LogP contribution in [-0.4, -0.2) is 36.3 Å². The second-order valence-corrected chi connectivity index (χ2v) is 6.88. The fourth-order valence-corrected chi connectivity index (χ4v) is 3.32. The van der Waals surface area contributed by atoms with E-state index in [-0.39, 0.29) is 5.91 Å². The molecule has 0 radical (unpaired) electrons. The van der Waals surface area contributed by atoms with Gasteiger partial charge in [-0.3, -0.25) is 4.79 Å². The molecule has 2 heterocycles. The van der Waals surface area contributed by atoms with E-state index < -0.39 is 0 Å². The van der Waals surface area contributed by atoms with Gasteiger partial charge in [-0.25, -0.2) is 0 Å². The quantitative estimate of drug-likeness (QED) is 0.661. The van der Waals surface area contributed by atoms with E-state index >= 15 is 0 Å². The summed E-state index contributed by atoms with van der Waals surface area (Å²) in [6, 6.07) is 16.5. The van der Waals surface area contributed by atoms with Gasteiger partial charge in [0.25, 0.3) is 5.91 Å². The lowest BCUT2D eigenvalue weighted by Crippen LogP contribution is -2.18. The Morgan fingerprint density at radius 3 is 2.55 bits per heavy atom. The van der Waals surface area contributed by atoms with Crippen molar-refractivity contribution in [3.8, 4) is 5.75 Å². The molecule has 7 heteroatoms. The Morgan fingerprint density at radius 1 is 1.03 bits per heavy atom. The van der Waals surface area contributed by atoms with Gasteiger partial charge in [0.1, 0.15) is 5.75 Å². The van der Waals surface area contributed by atoms with Crippen molar-refractivity contribution in [2.75, 3.05) is 35.7 Å². The van der Waals surface area contributed by atoms with Crippen LogP contribution in [0.3, 0.4) is 0 Å². The molecule has 0 saturated carbocycles. The van der Waals surface area contributed by atoms with Gasteiger partial charge >= 0.3 is 0 Å². The summed E-state index contributed by atoms with van der Waals surface area (Å²) in [6.45, 7) is 2.12. The third-order valence-electron chi connectivity index (χ3n) is 4.86. The van der Waals surface area contributed by atoms with E-state index in [4.69, 9.17) is 4.74 Å². The fraction of sp³-hybridized carbons (Fsp3) is 0.227. The number of carbonyl (C=O) groups excluding carboxylic acids is 1. The summed E-state index contributed by atoms with van der Waals surface area (Å²) in [5.41, 5.74) is 3.21. The van der Waals surface area contributed by atoms with Gasteiger partial charge in [0, 0.05) is 36.1 Å². The van der Waals surface area contributed by atoms with E-state index in [0.29, 0.717) is 22.8 Å². The molecular formula is C22H23N5O2. The standard InChI is InChI=1S/C22H23N5O2/c1-29-20-6-4-5-16(13-20)22(28)25-18-9-7-17(8-10-18)24-21-14-19(15-23-26-21)27-11-2-3-12-27/h4-10,13-15H,2-3,11-12H2,1H3,(H,24,26)(H,25,28). The number of anilines is 4. The Bertz CT molecular complexity index is 985. The summed E-state index contributed by atoms with van der Waals surface area (Å²) in [7, 11) is 1.58. The van der Waals surface area contributed by atoms with Crippen molar-refractivity contribution in [2.24, 2.45) is 0 Å². The first kappa shape index (κ1) is 18.7. The van der Waals surface area contributed by atoms with Crippen LogP contribution in [0.15, 0.2) is 60.8 Å². The molecule has 7 nitrogen and oxygen atoms in total. The predicted octanol–water partition coefficient (Wildman–Crippen LogP) is 4.08. The summed E-state index contributed by atoms with van der Waals surface area (Å²) in [4.78, 5) is 14.7. The van der Waals surface area contributed by atoms with E-state index in [1.54, 1.807) is 37.6 Å². The van der Waals surface area contributed by atoms with E-state index in [1.165, 1.54) is 12.8 Å².